The van der Waals surface area contributed by atoms with E-state index in [4.69, 9.17) is 11.6 Å². The number of halogens is 1. The van der Waals surface area contributed by atoms with E-state index in [0.717, 1.165) is 12.4 Å². The third-order valence-corrected chi connectivity index (χ3v) is 2.80. The van der Waals surface area contributed by atoms with Crippen LogP contribution in [0.3, 0.4) is 0 Å². The zero-order valence-corrected chi connectivity index (χ0v) is 10.4. The molecule has 1 aromatic heterocycles. The highest BCUT2D eigenvalue weighted by molar-refractivity contribution is 6.29. The van der Waals surface area contributed by atoms with Crippen molar-refractivity contribution in [2.24, 2.45) is 0 Å². The van der Waals surface area contributed by atoms with Crippen LogP contribution < -0.4 is 5.32 Å². The highest BCUT2D eigenvalue weighted by Crippen LogP contribution is 2.16. The average Bonchev–Trinajstić information content (AvgIpc) is 2.37. The molecule has 0 aliphatic rings. The average molecular weight is 248 g/mol. The lowest BCUT2D eigenvalue weighted by Gasteiger charge is -2.13. The molecule has 1 atom stereocenters. The maximum absolute atomic E-state index is 5.79. The quantitative estimate of drug-likeness (QED) is 0.842. The molecular weight excluding hydrogens is 234 g/mol. The summed E-state index contributed by atoms with van der Waals surface area (Å²) in [5.74, 6) is 1.18. The predicted molar refractivity (Wildman–Crippen MR) is 70.4 cm³/mol. The number of hydrogen-bond donors (Lipinski definition) is 1. The Kier molecular flexibility index (Phi) is 3.94. The van der Waals surface area contributed by atoms with Crippen molar-refractivity contribution in [1.82, 2.24) is 9.97 Å². The molecule has 0 aliphatic carbocycles. The van der Waals surface area contributed by atoms with Crippen molar-refractivity contribution in [2.45, 2.75) is 12.8 Å². The molecule has 17 heavy (non-hydrogen) atoms. The van der Waals surface area contributed by atoms with Crippen LogP contribution in [-0.4, -0.2) is 16.5 Å². The van der Waals surface area contributed by atoms with Gasteiger partial charge in [-0.2, -0.15) is 0 Å². The number of anilines is 1. The van der Waals surface area contributed by atoms with Crippen LogP contribution in [0.5, 0.6) is 0 Å². The zero-order chi connectivity index (χ0) is 12.1. The molecule has 0 bridgehead atoms. The molecule has 0 fully saturated rings. The van der Waals surface area contributed by atoms with Gasteiger partial charge in [-0.15, -0.1) is 0 Å². The number of aromatic nitrogens is 2. The number of rotatable bonds is 4. The number of hydrogen-bond acceptors (Lipinski definition) is 3. The molecule has 2 aromatic rings. The van der Waals surface area contributed by atoms with Crippen molar-refractivity contribution in [1.29, 1.82) is 0 Å². The van der Waals surface area contributed by atoms with Crippen molar-refractivity contribution in [2.75, 3.05) is 11.9 Å². The lowest BCUT2D eigenvalue weighted by atomic mass is 10.0. The molecule has 1 heterocycles. The molecule has 0 saturated heterocycles. The Morgan fingerprint density at radius 2 is 2.00 bits per heavy atom. The molecule has 2 rings (SSSR count). The van der Waals surface area contributed by atoms with Gasteiger partial charge in [-0.3, -0.25) is 0 Å². The first kappa shape index (κ1) is 11.9. The summed E-state index contributed by atoms with van der Waals surface area (Å²) in [6.07, 6.45) is 1.46. The van der Waals surface area contributed by atoms with Crippen molar-refractivity contribution in [3.63, 3.8) is 0 Å². The van der Waals surface area contributed by atoms with Gasteiger partial charge in [0.2, 0.25) is 0 Å². The molecular formula is C13H14ClN3. The van der Waals surface area contributed by atoms with Gasteiger partial charge < -0.3 is 5.32 Å². The summed E-state index contributed by atoms with van der Waals surface area (Å²) in [5.41, 5.74) is 1.31. The first-order valence-electron chi connectivity index (χ1n) is 5.52. The topological polar surface area (TPSA) is 37.8 Å². The summed E-state index contributed by atoms with van der Waals surface area (Å²) in [6, 6.07) is 12.1. The minimum absolute atomic E-state index is 0.421. The van der Waals surface area contributed by atoms with Crippen LogP contribution in [0.15, 0.2) is 42.7 Å². The van der Waals surface area contributed by atoms with Gasteiger partial charge in [-0.1, -0.05) is 48.9 Å². The van der Waals surface area contributed by atoms with E-state index in [0.29, 0.717) is 11.1 Å². The van der Waals surface area contributed by atoms with Gasteiger partial charge in [0.15, 0.2) is 0 Å². The molecule has 0 radical (unpaired) electrons. The van der Waals surface area contributed by atoms with E-state index in [-0.39, 0.29) is 0 Å². The summed E-state index contributed by atoms with van der Waals surface area (Å²) in [4.78, 5) is 7.94. The Morgan fingerprint density at radius 3 is 2.71 bits per heavy atom. The van der Waals surface area contributed by atoms with E-state index >= 15 is 0 Å². The molecule has 88 valence electrons. The third kappa shape index (κ3) is 3.43. The smallest absolute Gasteiger partial charge is 0.134 e. The lowest BCUT2D eigenvalue weighted by molar-refractivity contribution is 0.801. The summed E-state index contributed by atoms with van der Waals surface area (Å²) >= 11 is 5.79. The summed E-state index contributed by atoms with van der Waals surface area (Å²) < 4.78 is 0. The van der Waals surface area contributed by atoms with E-state index in [1.807, 2.05) is 18.2 Å². The second kappa shape index (κ2) is 5.64. The van der Waals surface area contributed by atoms with Crippen molar-refractivity contribution >= 4 is 17.4 Å². The maximum atomic E-state index is 5.79. The fraction of sp³-hybridized carbons (Fsp3) is 0.231. The minimum atomic E-state index is 0.421. The van der Waals surface area contributed by atoms with E-state index in [1.54, 1.807) is 6.07 Å². The normalized spacial score (nSPS) is 12.1. The van der Waals surface area contributed by atoms with Gasteiger partial charge in [-0.25, -0.2) is 9.97 Å². The van der Waals surface area contributed by atoms with Crippen molar-refractivity contribution < 1.29 is 0 Å². The first-order chi connectivity index (χ1) is 8.25. The molecule has 0 unspecified atom stereocenters. The second-order valence-electron chi connectivity index (χ2n) is 3.92. The maximum Gasteiger partial charge on any atom is 0.134 e. The number of benzene rings is 1. The van der Waals surface area contributed by atoms with Gasteiger partial charge in [0.1, 0.15) is 17.3 Å². The first-order valence-corrected chi connectivity index (χ1v) is 5.90. The van der Waals surface area contributed by atoms with Gasteiger partial charge >= 0.3 is 0 Å². The molecule has 0 amide bonds. The fourth-order valence-electron chi connectivity index (χ4n) is 1.59. The van der Waals surface area contributed by atoms with Crippen LogP contribution in [-0.2, 0) is 0 Å². The van der Waals surface area contributed by atoms with Crippen LogP contribution in [0.4, 0.5) is 5.82 Å². The van der Waals surface area contributed by atoms with Crippen LogP contribution in [0.2, 0.25) is 5.15 Å². The van der Waals surface area contributed by atoms with Crippen LogP contribution in [0.25, 0.3) is 0 Å². The summed E-state index contributed by atoms with van der Waals surface area (Å²) in [7, 11) is 0. The van der Waals surface area contributed by atoms with E-state index in [2.05, 4.69) is 34.3 Å². The van der Waals surface area contributed by atoms with Gasteiger partial charge in [0.25, 0.3) is 0 Å². The zero-order valence-electron chi connectivity index (χ0n) is 9.60. The predicted octanol–water partition coefficient (Wildman–Crippen LogP) is 3.35. The number of nitrogens with zero attached hydrogens (tertiary/aromatic N) is 2. The van der Waals surface area contributed by atoms with E-state index in [9.17, 15) is 0 Å². The van der Waals surface area contributed by atoms with E-state index < -0.39 is 0 Å². The SMILES string of the molecule is C[C@@H](CNc1cc(Cl)ncn1)c1ccccc1. The van der Waals surface area contributed by atoms with Gasteiger partial charge in [-0.05, 0) is 11.5 Å². The molecule has 1 N–H and O–H groups in total. The monoisotopic (exact) mass is 247 g/mol. The Balaban J connectivity index is 1.95. The Morgan fingerprint density at radius 1 is 1.24 bits per heavy atom. The summed E-state index contributed by atoms with van der Waals surface area (Å²) in [5, 5.41) is 3.70. The van der Waals surface area contributed by atoms with Crippen molar-refractivity contribution in [3.8, 4) is 0 Å². The molecule has 1 aromatic carbocycles. The molecule has 3 nitrogen and oxygen atoms in total. The second-order valence-corrected chi connectivity index (χ2v) is 4.31. The van der Waals surface area contributed by atoms with Crippen LogP contribution >= 0.6 is 11.6 Å². The Bertz CT molecular complexity index is 473. The van der Waals surface area contributed by atoms with Crippen molar-refractivity contribution in [3.05, 3.63) is 53.4 Å². The lowest BCUT2D eigenvalue weighted by Crippen LogP contribution is -2.10. The van der Waals surface area contributed by atoms with Crippen LogP contribution in [0, 0.1) is 0 Å². The molecule has 0 saturated carbocycles. The van der Waals surface area contributed by atoms with Gasteiger partial charge in [0.05, 0.1) is 0 Å². The van der Waals surface area contributed by atoms with E-state index in [1.165, 1.54) is 11.9 Å². The minimum Gasteiger partial charge on any atom is -0.369 e. The largest absolute Gasteiger partial charge is 0.369 e. The fourth-order valence-corrected chi connectivity index (χ4v) is 1.73. The van der Waals surface area contributed by atoms with Crippen LogP contribution in [0.1, 0.15) is 18.4 Å². The highest BCUT2D eigenvalue weighted by Gasteiger charge is 2.05. The molecule has 0 spiro atoms. The standard InChI is InChI=1S/C13H14ClN3/c1-10(11-5-3-2-4-6-11)8-15-13-7-12(14)16-9-17-13/h2-7,9-10H,8H2,1H3,(H,15,16,17)/t10-/m0/s1. The third-order valence-electron chi connectivity index (χ3n) is 2.59. The molecule has 4 heteroatoms. The number of nitrogens with one attached hydrogen (secondary N) is 1. The summed E-state index contributed by atoms with van der Waals surface area (Å²) in [6.45, 7) is 2.99. The Hall–Kier alpha value is -1.61. The Labute approximate surface area is 106 Å². The van der Waals surface area contributed by atoms with Gasteiger partial charge in [0, 0.05) is 12.6 Å². The highest BCUT2D eigenvalue weighted by atomic mass is 35.5. The molecule has 0 aliphatic heterocycles.